The molecule has 1 atom stereocenters. The lowest BCUT2D eigenvalue weighted by atomic mass is 9.84. The number of rotatable bonds is 6. The minimum atomic E-state index is -0.268. The van der Waals surface area contributed by atoms with Gasteiger partial charge in [0.05, 0.1) is 12.3 Å². The zero-order chi connectivity index (χ0) is 18.6. The Morgan fingerprint density at radius 3 is 2.52 bits per heavy atom. The molecule has 0 unspecified atom stereocenters. The van der Waals surface area contributed by atoms with E-state index in [2.05, 4.69) is 5.16 Å². The van der Waals surface area contributed by atoms with Crippen molar-refractivity contribution in [2.45, 2.75) is 38.3 Å². The van der Waals surface area contributed by atoms with E-state index in [0.29, 0.717) is 19.5 Å². The summed E-state index contributed by atoms with van der Waals surface area (Å²) in [6, 6.07) is 16.3. The molecule has 4 nitrogen and oxygen atoms in total. The molecule has 1 amide bonds. The van der Waals surface area contributed by atoms with Gasteiger partial charge in [-0.3, -0.25) is 4.79 Å². The van der Waals surface area contributed by atoms with Crippen LogP contribution in [0.25, 0.3) is 0 Å². The average molecular weight is 366 g/mol. The summed E-state index contributed by atoms with van der Waals surface area (Å²) in [5, 5.41) is 4.23. The van der Waals surface area contributed by atoms with Crippen molar-refractivity contribution in [3.05, 3.63) is 71.5 Å². The van der Waals surface area contributed by atoms with Crippen LogP contribution in [0.1, 0.15) is 36.8 Å². The fourth-order valence-corrected chi connectivity index (χ4v) is 3.53. The van der Waals surface area contributed by atoms with Crippen molar-refractivity contribution in [3.8, 4) is 0 Å². The minimum absolute atomic E-state index is 0.112. The first-order chi connectivity index (χ1) is 13.2. The van der Waals surface area contributed by atoms with Crippen molar-refractivity contribution in [2.24, 2.45) is 11.1 Å². The number of halogens is 1. The van der Waals surface area contributed by atoms with E-state index in [0.717, 1.165) is 36.1 Å². The smallest absolute Gasteiger partial charge is 0.226 e. The van der Waals surface area contributed by atoms with Gasteiger partial charge in [0.1, 0.15) is 5.82 Å². The fourth-order valence-electron chi connectivity index (χ4n) is 3.53. The van der Waals surface area contributed by atoms with Gasteiger partial charge in [0.25, 0.3) is 0 Å². The van der Waals surface area contributed by atoms with Gasteiger partial charge in [0, 0.05) is 18.9 Å². The molecule has 0 bridgehead atoms. The molecule has 2 aromatic carbocycles. The maximum absolute atomic E-state index is 13.2. The van der Waals surface area contributed by atoms with Crippen molar-refractivity contribution < 1.29 is 14.0 Å². The monoisotopic (exact) mass is 366 g/mol. The summed E-state index contributed by atoms with van der Waals surface area (Å²) in [5.74, 6) is 0.0133. The second kappa shape index (κ2) is 7.91. The number of amides is 1. The van der Waals surface area contributed by atoms with Crippen molar-refractivity contribution in [2.75, 3.05) is 6.54 Å². The molecule has 1 fully saturated rings. The number of benzene rings is 2. The molecule has 140 valence electrons. The Morgan fingerprint density at radius 2 is 1.85 bits per heavy atom. The van der Waals surface area contributed by atoms with E-state index in [1.54, 1.807) is 12.1 Å². The Labute approximate surface area is 158 Å². The van der Waals surface area contributed by atoms with E-state index in [4.69, 9.17) is 4.84 Å². The Balaban J connectivity index is 1.43. The zero-order valence-corrected chi connectivity index (χ0v) is 15.2. The van der Waals surface area contributed by atoms with Crippen LogP contribution in [0.4, 0.5) is 4.39 Å². The van der Waals surface area contributed by atoms with Crippen molar-refractivity contribution in [3.63, 3.8) is 0 Å². The van der Waals surface area contributed by atoms with Gasteiger partial charge in [-0.1, -0.05) is 54.0 Å². The lowest BCUT2D eigenvalue weighted by molar-refractivity contribution is -0.140. The van der Waals surface area contributed by atoms with Gasteiger partial charge in [-0.25, -0.2) is 4.39 Å². The number of carbonyl (C=O) groups is 1. The highest BCUT2D eigenvalue weighted by Gasteiger charge is 2.32. The van der Waals surface area contributed by atoms with Crippen molar-refractivity contribution in [1.29, 1.82) is 0 Å². The minimum Gasteiger partial charge on any atom is -0.390 e. The second-order valence-corrected chi connectivity index (χ2v) is 7.31. The first-order valence-electron chi connectivity index (χ1n) is 9.50. The second-order valence-electron chi connectivity index (χ2n) is 7.31. The summed E-state index contributed by atoms with van der Waals surface area (Å²) in [5.41, 5.74) is 2.89. The van der Waals surface area contributed by atoms with Crippen LogP contribution in [0.15, 0.2) is 59.8 Å². The number of nitrogens with zero attached hydrogens (tertiary/aromatic N) is 2. The number of hydrogen-bond acceptors (Lipinski definition) is 3. The van der Waals surface area contributed by atoms with E-state index >= 15 is 0 Å². The van der Waals surface area contributed by atoms with E-state index in [9.17, 15) is 9.18 Å². The molecule has 5 heteroatoms. The number of carbonyl (C=O) groups excluding carboxylic acids is 1. The molecule has 0 saturated heterocycles. The first kappa shape index (κ1) is 17.7. The molecule has 0 N–H and O–H groups in total. The summed E-state index contributed by atoms with van der Waals surface area (Å²) in [7, 11) is 0. The Hall–Kier alpha value is -2.69. The maximum Gasteiger partial charge on any atom is 0.226 e. The highest BCUT2D eigenvalue weighted by Crippen LogP contribution is 2.29. The van der Waals surface area contributed by atoms with Gasteiger partial charge in [0.15, 0.2) is 6.10 Å². The van der Waals surface area contributed by atoms with Crippen LogP contribution in [0.5, 0.6) is 0 Å². The van der Waals surface area contributed by atoms with Gasteiger partial charge in [-0.15, -0.1) is 0 Å². The van der Waals surface area contributed by atoms with Crippen LogP contribution in [0.3, 0.4) is 0 Å². The summed E-state index contributed by atoms with van der Waals surface area (Å²) in [4.78, 5) is 20.4. The van der Waals surface area contributed by atoms with Crippen LogP contribution in [0, 0.1) is 11.7 Å². The molecule has 1 heterocycles. The quantitative estimate of drug-likeness (QED) is 0.771. The Kier molecular flexibility index (Phi) is 5.19. The predicted molar refractivity (Wildman–Crippen MR) is 102 cm³/mol. The molecular formula is C22H23FN2O2. The lowest BCUT2D eigenvalue weighted by Crippen LogP contribution is -2.42. The average Bonchev–Trinajstić information content (AvgIpc) is 3.11. The van der Waals surface area contributed by atoms with E-state index < -0.39 is 0 Å². The molecule has 2 aromatic rings. The molecule has 2 aliphatic rings. The van der Waals surface area contributed by atoms with Gasteiger partial charge in [0.2, 0.25) is 5.91 Å². The fraction of sp³-hybridized carbons (Fsp3) is 0.364. The van der Waals surface area contributed by atoms with Crippen LogP contribution in [0.2, 0.25) is 0 Å². The molecule has 0 spiro atoms. The molecule has 27 heavy (non-hydrogen) atoms. The molecule has 4 rings (SSSR count). The summed E-state index contributed by atoms with van der Waals surface area (Å²) in [6.45, 7) is 0.961. The van der Waals surface area contributed by atoms with Gasteiger partial charge >= 0.3 is 0 Å². The zero-order valence-electron chi connectivity index (χ0n) is 15.2. The summed E-state index contributed by atoms with van der Waals surface area (Å²) < 4.78 is 13.2. The molecule has 1 saturated carbocycles. The van der Waals surface area contributed by atoms with E-state index in [1.807, 2.05) is 35.2 Å². The molecule has 0 radical (unpaired) electrons. The molecular weight excluding hydrogens is 343 g/mol. The molecule has 0 aromatic heterocycles. The molecule has 1 aliphatic carbocycles. The summed E-state index contributed by atoms with van der Waals surface area (Å²) in [6.07, 6.45) is 3.56. The number of oxime groups is 1. The third kappa shape index (κ3) is 4.18. The third-order valence-corrected chi connectivity index (χ3v) is 5.32. The molecule has 1 aliphatic heterocycles. The third-order valence-electron chi connectivity index (χ3n) is 5.32. The van der Waals surface area contributed by atoms with Crippen LogP contribution < -0.4 is 0 Å². The van der Waals surface area contributed by atoms with Crippen molar-refractivity contribution >= 4 is 11.6 Å². The first-order valence-corrected chi connectivity index (χ1v) is 9.50. The maximum atomic E-state index is 13.2. The SMILES string of the molecule is O=C(C1CCC1)N(Cc1ccc(F)cc1)C[C@@H]1CC(c2ccccc2)=NO1. The predicted octanol–water partition coefficient (Wildman–Crippen LogP) is 4.15. The van der Waals surface area contributed by atoms with Gasteiger partial charge < -0.3 is 9.74 Å². The Bertz CT molecular complexity index is 816. The largest absolute Gasteiger partial charge is 0.390 e. The van der Waals surface area contributed by atoms with Crippen molar-refractivity contribution in [1.82, 2.24) is 4.90 Å². The van der Waals surface area contributed by atoms with Crippen LogP contribution in [-0.4, -0.2) is 29.2 Å². The van der Waals surface area contributed by atoms with Crippen LogP contribution >= 0.6 is 0 Å². The Morgan fingerprint density at radius 1 is 1.11 bits per heavy atom. The standard InChI is InChI=1S/C22H23FN2O2/c23-19-11-9-16(10-12-19)14-25(22(26)18-7-4-8-18)15-20-13-21(24-27-20)17-5-2-1-3-6-17/h1-3,5-6,9-12,18,20H,4,7-8,13-15H2/t20-/m0/s1. The van der Waals surface area contributed by atoms with Gasteiger partial charge in [-0.05, 0) is 36.1 Å². The topological polar surface area (TPSA) is 41.9 Å². The highest BCUT2D eigenvalue weighted by molar-refractivity contribution is 6.01. The van der Waals surface area contributed by atoms with Crippen LogP contribution in [-0.2, 0) is 16.2 Å². The summed E-state index contributed by atoms with van der Waals surface area (Å²) >= 11 is 0. The van der Waals surface area contributed by atoms with Gasteiger partial charge in [-0.2, -0.15) is 0 Å². The highest BCUT2D eigenvalue weighted by atomic mass is 19.1. The number of hydrogen-bond donors (Lipinski definition) is 0. The van der Waals surface area contributed by atoms with E-state index in [-0.39, 0.29) is 23.7 Å². The lowest BCUT2D eigenvalue weighted by Gasteiger charge is -2.32. The van der Waals surface area contributed by atoms with E-state index in [1.165, 1.54) is 12.1 Å². The normalized spacial score (nSPS) is 19.1.